The van der Waals surface area contributed by atoms with Crippen LogP contribution >= 0.6 is 0 Å². The highest BCUT2D eigenvalue weighted by Gasteiger charge is 2.28. The van der Waals surface area contributed by atoms with Crippen LogP contribution in [0.5, 0.6) is 0 Å². The minimum Gasteiger partial charge on any atom is -0.261 e. The second-order valence-electron chi connectivity index (χ2n) is 6.94. The van der Waals surface area contributed by atoms with Crippen LogP contribution < -0.4 is 0 Å². The molecular weight excluding hydrogens is 338 g/mol. The first-order valence-corrected chi connectivity index (χ1v) is 10.4. The maximum absolute atomic E-state index is 11.9. The predicted molar refractivity (Wildman–Crippen MR) is 96.8 cm³/mol. The van der Waals surface area contributed by atoms with Gasteiger partial charge in [-0.1, -0.05) is 0 Å². The molecule has 7 nitrogen and oxygen atoms in total. The molecule has 1 fully saturated rings. The normalized spacial score (nSPS) is 19.5. The summed E-state index contributed by atoms with van der Waals surface area (Å²) < 4.78 is 27.3. The molecule has 0 N–H and O–H groups in total. The van der Waals surface area contributed by atoms with Gasteiger partial charge >= 0.3 is 0 Å². The summed E-state index contributed by atoms with van der Waals surface area (Å²) in [4.78, 5) is 9.17. The van der Waals surface area contributed by atoms with Crippen LogP contribution in [0.15, 0.2) is 18.3 Å². The van der Waals surface area contributed by atoms with Crippen molar-refractivity contribution < 1.29 is 8.42 Å². The van der Waals surface area contributed by atoms with Gasteiger partial charge in [0.05, 0.1) is 17.6 Å². The number of nitrogens with zero attached hydrogens (tertiary/aromatic N) is 5. The molecule has 3 heterocycles. The quantitative estimate of drug-likeness (QED) is 0.833. The third-order valence-electron chi connectivity index (χ3n) is 4.55. The van der Waals surface area contributed by atoms with Crippen molar-refractivity contribution in [3.8, 4) is 11.4 Å². The molecule has 0 saturated carbocycles. The Hall–Kier alpha value is -1.80. The topological polar surface area (TPSA) is 81.0 Å². The van der Waals surface area contributed by atoms with Crippen LogP contribution in [0.25, 0.3) is 11.4 Å². The van der Waals surface area contributed by atoms with Crippen molar-refractivity contribution in [3.63, 3.8) is 0 Å². The summed E-state index contributed by atoms with van der Waals surface area (Å²) in [5.74, 6) is 0.792. The summed E-state index contributed by atoms with van der Waals surface area (Å²) in [5, 5.41) is 4.38. The second-order valence-corrected chi connectivity index (χ2v) is 8.92. The number of hydrogen-bond donors (Lipinski definition) is 0. The van der Waals surface area contributed by atoms with Crippen molar-refractivity contribution >= 4 is 10.0 Å². The lowest BCUT2D eigenvalue weighted by atomic mass is 9.95. The zero-order chi connectivity index (χ0) is 18.2. The maximum atomic E-state index is 11.9. The van der Waals surface area contributed by atoms with Gasteiger partial charge in [0.1, 0.15) is 5.82 Å². The first-order chi connectivity index (χ1) is 11.8. The van der Waals surface area contributed by atoms with Gasteiger partial charge in [0, 0.05) is 36.9 Å². The molecule has 1 atom stereocenters. The van der Waals surface area contributed by atoms with Gasteiger partial charge in [-0.15, -0.1) is 0 Å². The number of piperidine rings is 1. The molecule has 1 saturated heterocycles. The number of aromatic nitrogens is 4. The Bertz CT molecular complexity index is 860. The highest BCUT2D eigenvalue weighted by atomic mass is 32.2. The first-order valence-electron chi connectivity index (χ1n) is 8.60. The summed E-state index contributed by atoms with van der Waals surface area (Å²) in [6, 6.07) is 4.17. The van der Waals surface area contributed by atoms with Crippen molar-refractivity contribution in [1.82, 2.24) is 24.1 Å². The van der Waals surface area contributed by atoms with Gasteiger partial charge in [-0.25, -0.2) is 22.7 Å². The fourth-order valence-electron chi connectivity index (χ4n) is 3.34. The molecular formula is C17H25N5O2S. The molecule has 2 aromatic heterocycles. The van der Waals surface area contributed by atoms with Crippen LogP contribution in [-0.4, -0.2) is 51.8 Å². The molecule has 0 spiro atoms. The number of hydrogen-bond acceptors (Lipinski definition) is 5. The third kappa shape index (κ3) is 3.90. The minimum absolute atomic E-state index is 0.0966. The van der Waals surface area contributed by atoms with Crippen LogP contribution in [0.1, 0.15) is 50.2 Å². The summed E-state index contributed by atoms with van der Waals surface area (Å²) in [6.45, 7) is 7.11. The molecule has 0 unspecified atom stereocenters. The lowest BCUT2D eigenvalue weighted by Gasteiger charge is -2.30. The van der Waals surface area contributed by atoms with Gasteiger partial charge in [0.25, 0.3) is 0 Å². The molecule has 0 bridgehead atoms. The molecule has 0 radical (unpaired) electrons. The Kier molecular flexibility index (Phi) is 4.92. The molecule has 8 heteroatoms. The molecule has 2 aromatic rings. The number of aryl methyl sites for hydroxylation is 1. The van der Waals surface area contributed by atoms with Crippen molar-refractivity contribution in [2.75, 3.05) is 19.3 Å². The van der Waals surface area contributed by atoms with Crippen molar-refractivity contribution in [3.05, 3.63) is 29.8 Å². The molecule has 1 aliphatic heterocycles. The van der Waals surface area contributed by atoms with Crippen molar-refractivity contribution in [2.45, 2.75) is 45.6 Å². The monoisotopic (exact) mass is 363 g/mol. The molecule has 0 aromatic carbocycles. The summed E-state index contributed by atoms with van der Waals surface area (Å²) in [7, 11) is -3.17. The van der Waals surface area contributed by atoms with Gasteiger partial charge in [-0.05, 0) is 45.7 Å². The van der Waals surface area contributed by atoms with Gasteiger partial charge in [-0.2, -0.15) is 5.10 Å². The van der Waals surface area contributed by atoms with Gasteiger partial charge in [-0.3, -0.25) is 4.68 Å². The van der Waals surface area contributed by atoms with Crippen LogP contribution in [-0.2, 0) is 10.0 Å². The highest BCUT2D eigenvalue weighted by molar-refractivity contribution is 7.88. The fourth-order valence-corrected chi connectivity index (χ4v) is 4.26. The number of rotatable bonds is 4. The van der Waals surface area contributed by atoms with E-state index < -0.39 is 10.0 Å². The van der Waals surface area contributed by atoms with E-state index in [4.69, 9.17) is 0 Å². The largest absolute Gasteiger partial charge is 0.261 e. The lowest BCUT2D eigenvalue weighted by Crippen LogP contribution is -2.38. The SMILES string of the molecule is Cc1nc(-c2ccnn2C(C)C)cc([C@H]2CCCN(S(C)(=O)=O)C2)n1. The van der Waals surface area contributed by atoms with Crippen molar-refractivity contribution in [2.24, 2.45) is 0 Å². The standard InChI is InChI=1S/C17H25N5O2S/c1-12(2)22-17(7-8-18-22)16-10-15(19-13(3)20-16)14-6-5-9-21(11-14)25(4,23)24/h7-8,10,12,14H,5-6,9,11H2,1-4H3/t14-/m0/s1. The predicted octanol–water partition coefficient (Wildman–Crippen LogP) is 2.37. The van der Waals surface area contributed by atoms with Crippen LogP contribution in [0, 0.1) is 6.92 Å². The Labute approximate surface area is 149 Å². The van der Waals surface area contributed by atoms with Gasteiger partial charge in [0.2, 0.25) is 10.0 Å². The Morgan fingerprint density at radius 1 is 1.28 bits per heavy atom. The van der Waals surface area contributed by atoms with E-state index in [1.54, 1.807) is 10.5 Å². The second kappa shape index (κ2) is 6.84. The molecule has 0 aliphatic carbocycles. The summed E-state index contributed by atoms with van der Waals surface area (Å²) >= 11 is 0. The van der Waals surface area contributed by atoms with E-state index in [1.807, 2.05) is 23.7 Å². The Morgan fingerprint density at radius 3 is 2.72 bits per heavy atom. The van der Waals surface area contributed by atoms with E-state index in [0.29, 0.717) is 18.9 Å². The Morgan fingerprint density at radius 2 is 2.04 bits per heavy atom. The van der Waals surface area contributed by atoms with E-state index in [-0.39, 0.29) is 12.0 Å². The summed E-state index contributed by atoms with van der Waals surface area (Å²) in [5.41, 5.74) is 2.70. The molecule has 136 valence electrons. The van der Waals surface area contributed by atoms with E-state index in [2.05, 4.69) is 28.9 Å². The average molecular weight is 363 g/mol. The molecule has 25 heavy (non-hydrogen) atoms. The van der Waals surface area contributed by atoms with Gasteiger partial charge < -0.3 is 0 Å². The highest BCUT2D eigenvalue weighted by Crippen LogP contribution is 2.29. The summed E-state index contributed by atoms with van der Waals surface area (Å²) in [6.07, 6.45) is 4.83. The minimum atomic E-state index is -3.17. The van der Waals surface area contributed by atoms with Crippen LogP contribution in [0.4, 0.5) is 0 Å². The van der Waals surface area contributed by atoms with E-state index in [9.17, 15) is 8.42 Å². The third-order valence-corrected chi connectivity index (χ3v) is 5.82. The molecule has 3 rings (SSSR count). The van der Waals surface area contributed by atoms with Gasteiger partial charge in [0.15, 0.2) is 0 Å². The lowest BCUT2D eigenvalue weighted by molar-refractivity contribution is 0.314. The van der Waals surface area contributed by atoms with E-state index in [1.165, 1.54) is 6.26 Å². The van der Waals surface area contributed by atoms with E-state index in [0.717, 1.165) is 29.9 Å². The Balaban J connectivity index is 1.96. The molecule has 0 amide bonds. The molecule has 1 aliphatic rings. The fraction of sp³-hybridized carbons (Fsp3) is 0.588. The smallest absolute Gasteiger partial charge is 0.211 e. The maximum Gasteiger partial charge on any atom is 0.211 e. The zero-order valence-corrected chi connectivity index (χ0v) is 16.0. The van der Waals surface area contributed by atoms with Crippen molar-refractivity contribution in [1.29, 1.82) is 0 Å². The zero-order valence-electron chi connectivity index (χ0n) is 15.2. The van der Waals surface area contributed by atoms with E-state index >= 15 is 0 Å². The number of sulfonamides is 1. The average Bonchev–Trinajstić information content (AvgIpc) is 3.03. The van der Waals surface area contributed by atoms with Crippen LogP contribution in [0.2, 0.25) is 0 Å². The van der Waals surface area contributed by atoms with Crippen LogP contribution in [0.3, 0.4) is 0 Å². The first kappa shape index (κ1) is 18.0.